The number of nitrogens with one attached hydrogen (secondary N) is 2. The Morgan fingerprint density at radius 2 is 1.96 bits per heavy atom. The topological polar surface area (TPSA) is 83.1 Å². The van der Waals surface area contributed by atoms with Gasteiger partial charge in [0.05, 0.1) is 22.8 Å². The van der Waals surface area contributed by atoms with Gasteiger partial charge in [0.25, 0.3) is 0 Å². The number of hydrogen-bond donors (Lipinski definition) is 3. The number of nitrogens with zero attached hydrogens (tertiary/aromatic N) is 2. The first-order valence-electron chi connectivity index (χ1n) is 9.45. The zero-order chi connectivity index (χ0) is 19.4. The van der Waals surface area contributed by atoms with Gasteiger partial charge in [-0.1, -0.05) is 6.07 Å². The smallest absolute Gasteiger partial charge is 0.213 e. The van der Waals surface area contributed by atoms with Crippen molar-refractivity contribution in [3.05, 3.63) is 47.4 Å². The van der Waals surface area contributed by atoms with E-state index in [1.165, 1.54) is 0 Å². The van der Waals surface area contributed by atoms with Gasteiger partial charge in [-0.3, -0.25) is 0 Å². The molecule has 1 atom stereocenters. The van der Waals surface area contributed by atoms with Crippen molar-refractivity contribution in [1.29, 1.82) is 0 Å². The molecule has 3 aromatic rings. The Kier molecular flexibility index (Phi) is 5.96. The van der Waals surface area contributed by atoms with Crippen molar-refractivity contribution in [2.45, 2.75) is 52.2 Å². The molecular weight excluding hydrogens is 340 g/mol. The fourth-order valence-corrected chi connectivity index (χ4v) is 3.04. The lowest BCUT2D eigenvalue weighted by Gasteiger charge is -2.11. The Bertz CT molecular complexity index is 904. The van der Waals surface area contributed by atoms with Gasteiger partial charge in [0, 0.05) is 24.1 Å². The number of aromatic hydroxyl groups is 1. The van der Waals surface area contributed by atoms with Gasteiger partial charge >= 0.3 is 0 Å². The van der Waals surface area contributed by atoms with Crippen LogP contribution in [0.4, 0.5) is 0 Å². The van der Waals surface area contributed by atoms with E-state index in [2.05, 4.69) is 22.2 Å². The van der Waals surface area contributed by atoms with Crippen molar-refractivity contribution in [1.82, 2.24) is 20.3 Å². The van der Waals surface area contributed by atoms with Crippen LogP contribution in [0.3, 0.4) is 0 Å². The molecule has 0 spiro atoms. The highest BCUT2D eigenvalue weighted by atomic mass is 16.5. The van der Waals surface area contributed by atoms with E-state index >= 15 is 0 Å². The number of hydrogen-bond acceptors (Lipinski definition) is 5. The first-order valence-corrected chi connectivity index (χ1v) is 9.45. The molecular formula is C21H28N4O2. The van der Waals surface area contributed by atoms with E-state index in [4.69, 9.17) is 9.72 Å². The summed E-state index contributed by atoms with van der Waals surface area (Å²) in [6.45, 7) is 6.10. The summed E-state index contributed by atoms with van der Waals surface area (Å²) in [6.07, 6.45) is 2.37. The molecule has 6 heteroatoms. The SMILES string of the molecule is CNC(C)CCc1c(O)ccc2[nH]c(Cc3cccc(OC(C)C)n3)nc12. The van der Waals surface area contributed by atoms with Crippen molar-refractivity contribution >= 4 is 11.0 Å². The number of pyridine rings is 1. The first-order chi connectivity index (χ1) is 13.0. The van der Waals surface area contributed by atoms with Gasteiger partial charge < -0.3 is 20.1 Å². The van der Waals surface area contributed by atoms with Crippen LogP contribution in [0.1, 0.15) is 44.3 Å². The molecule has 0 radical (unpaired) electrons. The maximum Gasteiger partial charge on any atom is 0.213 e. The first kappa shape index (κ1) is 19.2. The summed E-state index contributed by atoms with van der Waals surface area (Å²) < 4.78 is 5.67. The largest absolute Gasteiger partial charge is 0.508 e. The van der Waals surface area contributed by atoms with Crippen molar-refractivity contribution < 1.29 is 9.84 Å². The fraction of sp³-hybridized carbons (Fsp3) is 0.429. The number of phenols is 1. The molecule has 3 rings (SSSR count). The summed E-state index contributed by atoms with van der Waals surface area (Å²) in [5.41, 5.74) is 3.55. The van der Waals surface area contributed by atoms with Gasteiger partial charge in [0.15, 0.2) is 0 Å². The Morgan fingerprint density at radius 1 is 1.15 bits per heavy atom. The number of fused-ring (bicyclic) bond motifs is 1. The Morgan fingerprint density at radius 3 is 2.70 bits per heavy atom. The molecule has 0 fully saturated rings. The summed E-state index contributed by atoms with van der Waals surface area (Å²) >= 11 is 0. The van der Waals surface area contributed by atoms with Crippen molar-refractivity contribution in [3.63, 3.8) is 0 Å². The van der Waals surface area contributed by atoms with Gasteiger partial charge in [-0.25, -0.2) is 9.97 Å². The minimum atomic E-state index is 0.0875. The second-order valence-electron chi connectivity index (χ2n) is 7.18. The number of rotatable bonds is 8. The third-order valence-corrected chi connectivity index (χ3v) is 4.59. The molecule has 0 amide bonds. The minimum absolute atomic E-state index is 0.0875. The van der Waals surface area contributed by atoms with E-state index in [9.17, 15) is 5.11 Å². The van der Waals surface area contributed by atoms with Crippen molar-refractivity contribution in [2.75, 3.05) is 7.05 Å². The highest BCUT2D eigenvalue weighted by molar-refractivity contribution is 5.81. The number of H-pyrrole nitrogens is 1. The zero-order valence-electron chi connectivity index (χ0n) is 16.4. The molecule has 0 aliphatic heterocycles. The second-order valence-corrected chi connectivity index (χ2v) is 7.18. The van der Waals surface area contributed by atoms with E-state index in [-0.39, 0.29) is 6.10 Å². The number of imidazole rings is 1. The second kappa shape index (κ2) is 8.39. The molecule has 0 saturated heterocycles. The molecule has 2 heterocycles. The third kappa shape index (κ3) is 4.77. The van der Waals surface area contributed by atoms with Crippen molar-refractivity contribution in [3.8, 4) is 11.6 Å². The van der Waals surface area contributed by atoms with Crippen molar-refractivity contribution in [2.24, 2.45) is 0 Å². The summed E-state index contributed by atoms with van der Waals surface area (Å²) in [5, 5.41) is 13.5. The van der Waals surface area contributed by atoms with Gasteiger partial charge in [-0.05, 0) is 58.9 Å². The van der Waals surface area contributed by atoms with Crippen LogP contribution < -0.4 is 10.1 Å². The maximum atomic E-state index is 10.3. The molecule has 1 unspecified atom stereocenters. The van der Waals surface area contributed by atoms with Gasteiger partial charge in [0.1, 0.15) is 11.6 Å². The number of aryl methyl sites for hydroxylation is 1. The summed E-state index contributed by atoms with van der Waals surface area (Å²) in [7, 11) is 1.95. The van der Waals surface area contributed by atoms with Gasteiger partial charge in [0.2, 0.25) is 5.88 Å². The summed E-state index contributed by atoms with van der Waals surface area (Å²) in [4.78, 5) is 12.7. The van der Waals surface area contributed by atoms with E-state index in [0.29, 0.717) is 24.1 Å². The molecule has 0 aliphatic carbocycles. The summed E-state index contributed by atoms with van der Waals surface area (Å²) in [5.74, 6) is 1.75. The normalized spacial score (nSPS) is 12.6. The van der Waals surface area contributed by atoms with Crippen LogP contribution in [0.5, 0.6) is 11.6 Å². The molecule has 0 bridgehead atoms. The highest BCUT2D eigenvalue weighted by Gasteiger charge is 2.14. The number of aromatic nitrogens is 3. The van der Waals surface area contributed by atoms with E-state index in [0.717, 1.165) is 41.0 Å². The maximum absolute atomic E-state index is 10.3. The van der Waals surface area contributed by atoms with Crippen LogP contribution >= 0.6 is 0 Å². The average Bonchev–Trinajstić information content (AvgIpc) is 3.03. The molecule has 2 aromatic heterocycles. The minimum Gasteiger partial charge on any atom is -0.508 e. The number of benzene rings is 1. The molecule has 3 N–H and O–H groups in total. The Labute approximate surface area is 160 Å². The lowest BCUT2D eigenvalue weighted by Crippen LogP contribution is -2.21. The van der Waals surface area contributed by atoms with Crippen LogP contribution in [0, 0.1) is 0 Å². The van der Waals surface area contributed by atoms with Crippen LogP contribution in [0.15, 0.2) is 30.3 Å². The summed E-state index contributed by atoms with van der Waals surface area (Å²) in [6, 6.07) is 9.76. The number of phenolic OH excluding ortho intramolecular Hbond substituents is 1. The Hall–Kier alpha value is -2.60. The molecule has 1 aromatic carbocycles. The average molecular weight is 368 g/mol. The van der Waals surface area contributed by atoms with E-state index in [1.807, 2.05) is 45.2 Å². The molecule has 0 saturated carbocycles. The van der Waals surface area contributed by atoms with Crippen LogP contribution in [-0.4, -0.2) is 39.3 Å². The van der Waals surface area contributed by atoms with E-state index < -0.39 is 0 Å². The Balaban J connectivity index is 1.84. The highest BCUT2D eigenvalue weighted by Crippen LogP contribution is 2.28. The van der Waals surface area contributed by atoms with Crippen LogP contribution in [0.2, 0.25) is 0 Å². The van der Waals surface area contributed by atoms with E-state index in [1.54, 1.807) is 6.07 Å². The van der Waals surface area contributed by atoms with Crippen LogP contribution in [0.25, 0.3) is 11.0 Å². The quantitative estimate of drug-likeness (QED) is 0.566. The molecule has 0 aliphatic rings. The monoisotopic (exact) mass is 368 g/mol. The molecule has 6 nitrogen and oxygen atoms in total. The number of ether oxygens (including phenoxy) is 1. The molecule has 144 valence electrons. The van der Waals surface area contributed by atoms with Crippen LogP contribution in [-0.2, 0) is 12.8 Å². The molecule has 27 heavy (non-hydrogen) atoms. The third-order valence-electron chi connectivity index (χ3n) is 4.59. The fourth-order valence-electron chi connectivity index (χ4n) is 3.04. The van der Waals surface area contributed by atoms with Gasteiger partial charge in [-0.15, -0.1) is 0 Å². The lowest BCUT2D eigenvalue weighted by molar-refractivity contribution is 0.232. The standard InChI is InChI=1S/C21H28N4O2/c1-13(2)27-20-7-5-6-15(23-20)12-19-24-17-10-11-18(26)16(21(17)25-19)9-8-14(3)22-4/h5-7,10-11,13-14,22,26H,8-9,12H2,1-4H3,(H,24,25). The predicted molar refractivity (Wildman–Crippen MR) is 107 cm³/mol. The van der Waals surface area contributed by atoms with Gasteiger partial charge in [-0.2, -0.15) is 0 Å². The predicted octanol–water partition coefficient (Wildman–Crippen LogP) is 3.58. The lowest BCUT2D eigenvalue weighted by atomic mass is 10.0. The number of aromatic amines is 1. The zero-order valence-corrected chi connectivity index (χ0v) is 16.4.